The first-order valence-corrected chi connectivity index (χ1v) is 10.1. The number of thiocarbonyl (C=S) groups is 1. The second kappa shape index (κ2) is 7.35. The molecule has 0 N–H and O–H groups in total. The lowest BCUT2D eigenvalue weighted by Gasteiger charge is -2.37. The van der Waals surface area contributed by atoms with E-state index in [-0.39, 0.29) is 11.8 Å². The Morgan fingerprint density at radius 3 is 2.37 bits per heavy atom. The number of likely N-dealkylation sites (tertiary alicyclic amines) is 1. The minimum atomic E-state index is -0.480. The van der Waals surface area contributed by atoms with Crippen LogP contribution < -0.4 is 0 Å². The van der Waals surface area contributed by atoms with E-state index in [1.165, 1.54) is 16.7 Å². The molecule has 2 amide bonds. The molecule has 0 bridgehead atoms. The number of carbonyl (C=O) groups is 2. The number of carbonyl (C=O) groups excluding carboxylic acids is 2. The summed E-state index contributed by atoms with van der Waals surface area (Å²) in [6, 6.07) is 7.30. The molecule has 1 aromatic carbocycles. The van der Waals surface area contributed by atoms with Crippen molar-refractivity contribution in [2.45, 2.75) is 18.6 Å². The molecule has 6 nitrogen and oxygen atoms in total. The van der Waals surface area contributed by atoms with E-state index in [1.54, 1.807) is 25.3 Å². The van der Waals surface area contributed by atoms with E-state index in [9.17, 15) is 9.59 Å². The van der Waals surface area contributed by atoms with Gasteiger partial charge in [-0.25, -0.2) is 0 Å². The molecular formula is C19H20N2O4S2. The molecule has 142 valence electrons. The van der Waals surface area contributed by atoms with Gasteiger partial charge in [0.05, 0.1) is 18.1 Å². The number of nitrogens with zero attached hydrogens (tertiary/aromatic N) is 2. The van der Waals surface area contributed by atoms with Crippen LogP contribution >= 0.6 is 24.0 Å². The highest BCUT2D eigenvalue weighted by molar-refractivity contribution is 8.26. The molecule has 3 heterocycles. The Morgan fingerprint density at radius 2 is 1.81 bits per heavy atom. The summed E-state index contributed by atoms with van der Waals surface area (Å²) in [4.78, 5) is 28.7. The average molecular weight is 405 g/mol. The van der Waals surface area contributed by atoms with Crippen molar-refractivity contribution < 1.29 is 19.1 Å². The van der Waals surface area contributed by atoms with Crippen LogP contribution in [0.15, 0.2) is 29.2 Å². The first kappa shape index (κ1) is 18.6. The third-order valence-electron chi connectivity index (χ3n) is 5.07. The van der Waals surface area contributed by atoms with Gasteiger partial charge in [0.25, 0.3) is 11.8 Å². The van der Waals surface area contributed by atoms with Gasteiger partial charge in [-0.1, -0.05) is 36.1 Å². The Kier molecular flexibility index (Phi) is 5.07. The van der Waals surface area contributed by atoms with Gasteiger partial charge in [-0.2, -0.15) is 0 Å². The molecule has 4 rings (SSSR count). The number of thioether (sulfide) groups is 1. The monoisotopic (exact) mass is 404 g/mol. The predicted molar refractivity (Wildman–Crippen MR) is 107 cm³/mol. The summed E-state index contributed by atoms with van der Waals surface area (Å²) in [7, 11) is 1.67. The van der Waals surface area contributed by atoms with Crippen LogP contribution in [0.2, 0.25) is 0 Å². The van der Waals surface area contributed by atoms with Crippen LogP contribution in [0.25, 0.3) is 6.08 Å². The van der Waals surface area contributed by atoms with E-state index < -0.39 is 5.79 Å². The van der Waals surface area contributed by atoms with Crippen molar-refractivity contribution in [3.8, 4) is 0 Å². The van der Waals surface area contributed by atoms with E-state index >= 15 is 0 Å². The summed E-state index contributed by atoms with van der Waals surface area (Å²) in [5, 5.41) is 0. The third kappa shape index (κ3) is 3.67. The highest BCUT2D eigenvalue weighted by Gasteiger charge is 2.40. The zero-order chi connectivity index (χ0) is 19.0. The SMILES string of the molecule is CN1C(=O)/C(=C\c2ccc(C(=O)N3CCC4(CC3)OCCO4)cc2)SC1=S. The minimum Gasteiger partial charge on any atom is -0.347 e. The minimum absolute atomic E-state index is 0.00859. The number of hydrogen-bond acceptors (Lipinski definition) is 6. The number of amides is 2. The topological polar surface area (TPSA) is 59.1 Å². The van der Waals surface area contributed by atoms with Gasteiger partial charge < -0.3 is 14.4 Å². The molecule has 1 spiro atoms. The van der Waals surface area contributed by atoms with E-state index in [1.807, 2.05) is 17.0 Å². The summed E-state index contributed by atoms with van der Waals surface area (Å²) in [5.74, 6) is -0.565. The maximum absolute atomic E-state index is 12.7. The largest absolute Gasteiger partial charge is 0.347 e. The Balaban J connectivity index is 1.41. The fourth-order valence-corrected chi connectivity index (χ4v) is 4.62. The second-order valence-corrected chi connectivity index (χ2v) is 8.44. The standard InChI is InChI=1S/C19H20N2O4S2/c1-20-17(23)15(27-18(20)26)12-13-2-4-14(5-3-13)16(22)21-8-6-19(7-9-21)24-10-11-25-19/h2-5,12H,6-11H2,1H3/b15-12+. The first-order valence-electron chi connectivity index (χ1n) is 8.86. The lowest BCUT2D eigenvalue weighted by molar-refractivity contribution is -0.181. The van der Waals surface area contributed by atoms with Gasteiger partial charge in [-0.05, 0) is 23.8 Å². The highest BCUT2D eigenvalue weighted by atomic mass is 32.2. The molecule has 3 aliphatic heterocycles. The van der Waals surface area contributed by atoms with Crippen LogP contribution in [0.3, 0.4) is 0 Å². The number of rotatable bonds is 2. The van der Waals surface area contributed by atoms with Crippen LogP contribution in [0, 0.1) is 0 Å². The van der Waals surface area contributed by atoms with E-state index in [0.717, 1.165) is 5.56 Å². The maximum Gasteiger partial charge on any atom is 0.265 e. The van der Waals surface area contributed by atoms with Gasteiger partial charge in [0, 0.05) is 38.5 Å². The molecule has 3 saturated heterocycles. The molecule has 0 atom stereocenters. The molecule has 3 aliphatic rings. The fraction of sp³-hybridized carbons (Fsp3) is 0.421. The van der Waals surface area contributed by atoms with Gasteiger partial charge >= 0.3 is 0 Å². The zero-order valence-corrected chi connectivity index (χ0v) is 16.6. The summed E-state index contributed by atoms with van der Waals surface area (Å²) in [6.07, 6.45) is 3.21. The second-order valence-electron chi connectivity index (χ2n) is 6.76. The number of likely N-dealkylation sites (N-methyl/N-ethyl adjacent to an activating group) is 1. The van der Waals surface area contributed by atoms with E-state index in [2.05, 4.69) is 0 Å². The van der Waals surface area contributed by atoms with Crippen LogP contribution in [0.1, 0.15) is 28.8 Å². The fourth-order valence-electron chi connectivity index (χ4n) is 3.44. The molecule has 0 aromatic heterocycles. The lowest BCUT2D eigenvalue weighted by atomic mass is 10.0. The Bertz CT molecular complexity index is 806. The van der Waals surface area contributed by atoms with Crippen LogP contribution in [-0.4, -0.2) is 65.1 Å². The molecule has 8 heteroatoms. The molecule has 3 fully saturated rings. The summed E-state index contributed by atoms with van der Waals surface area (Å²) >= 11 is 6.43. The molecule has 0 saturated carbocycles. The molecule has 0 aliphatic carbocycles. The predicted octanol–water partition coefficient (Wildman–Crippen LogP) is 2.50. The molecule has 0 radical (unpaired) electrons. The van der Waals surface area contributed by atoms with Crippen LogP contribution in [0.4, 0.5) is 0 Å². The molecular weight excluding hydrogens is 384 g/mol. The quantitative estimate of drug-likeness (QED) is 0.558. The summed E-state index contributed by atoms with van der Waals surface area (Å²) in [6.45, 7) is 2.51. The highest BCUT2D eigenvalue weighted by Crippen LogP contribution is 2.32. The number of piperidine rings is 1. The number of benzene rings is 1. The molecule has 27 heavy (non-hydrogen) atoms. The maximum atomic E-state index is 12.7. The number of hydrogen-bond donors (Lipinski definition) is 0. The Hall–Kier alpha value is -1.74. The van der Waals surface area contributed by atoms with Crippen LogP contribution in [-0.2, 0) is 14.3 Å². The third-order valence-corrected chi connectivity index (χ3v) is 6.55. The van der Waals surface area contributed by atoms with Crippen molar-refractivity contribution in [3.05, 3.63) is 40.3 Å². The zero-order valence-electron chi connectivity index (χ0n) is 15.0. The lowest BCUT2D eigenvalue weighted by Crippen LogP contribution is -2.47. The van der Waals surface area contributed by atoms with Gasteiger partial charge in [-0.3, -0.25) is 14.5 Å². The van der Waals surface area contributed by atoms with Crippen molar-refractivity contribution in [3.63, 3.8) is 0 Å². The van der Waals surface area contributed by atoms with Crippen molar-refractivity contribution in [1.29, 1.82) is 0 Å². The van der Waals surface area contributed by atoms with Crippen molar-refractivity contribution in [2.75, 3.05) is 33.4 Å². The first-order chi connectivity index (χ1) is 13.0. The summed E-state index contributed by atoms with van der Waals surface area (Å²) in [5.41, 5.74) is 1.50. The van der Waals surface area contributed by atoms with Gasteiger partial charge in [0.2, 0.25) is 0 Å². The smallest absolute Gasteiger partial charge is 0.265 e. The van der Waals surface area contributed by atoms with E-state index in [4.69, 9.17) is 21.7 Å². The Morgan fingerprint density at radius 1 is 1.19 bits per heavy atom. The normalized spacial score (nSPS) is 23.7. The Labute approximate surface area is 167 Å². The summed E-state index contributed by atoms with van der Waals surface area (Å²) < 4.78 is 12.0. The van der Waals surface area contributed by atoms with Crippen molar-refractivity contribution in [2.24, 2.45) is 0 Å². The van der Waals surface area contributed by atoms with Gasteiger partial charge in [-0.15, -0.1) is 0 Å². The number of ether oxygens (including phenoxy) is 2. The van der Waals surface area contributed by atoms with Gasteiger partial charge in [0.15, 0.2) is 5.79 Å². The average Bonchev–Trinajstić information content (AvgIpc) is 3.23. The van der Waals surface area contributed by atoms with E-state index in [0.29, 0.717) is 53.9 Å². The van der Waals surface area contributed by atoms with Crippen LogP contribution in [0.5, 0.6) is 0 Å². The van der Waals surface area contributed by atoms with Crippen molar-refractivity contribution in [1.82, 2.24) is 9.80 Å². The molecule has 0 unspecified atom stereocenters. The van der Waals surface area contributed by atoms with Crippen molar-refractivity contribution >= 4 is 46.2 Å². The van der Waals surface area contributed by atoms with Gasteiger partial charge in [0.1, 0.15) is 4.32 Å². The molecule has 1 aromatic rings.